The zero-order chi connectivity index (χ0) is 13.6. The Balaban J connectivity index is 1.95. The number of rotatable bonds is 2. The van der Waals surface area contributed by atoms with Gasteiger partial charge in [0.15, 0.2) is 5.01 Å². The van der Waals surface area contributed by atoms with E-state index in [9.17, 15) is 18.0 Å². The first-order valence-corrected chi connectivity index (χ1v) is 7.51. The first-order chi connectivity index (χ1) is 8.95. The second-order valence-electron chi connectivity index (χ2n) is 3.62. The lowest BCUT2D eigenvalue weighted by Gasteiger charge is -1.98. The molecule has 2 nitrogen and oxygen atoms in total. The van der Waals surface area contributed by atoms with Gasteiger partial charge in [-0.25, -0.2) is 4.98 Å². The molecule has 0 atom stereocenters. The van der Waals surface area contributed by atoms with Crippen molar-refractivity contribution in [3.63, 3.8) is 0 Å². The largest absolute Gasteiger partial charge is 0.443 e. The van der Waals surface area contributed by atoms with Crippen LogP contribution in [0.4, 0.5) is 13.2 Å². The van der Waals surface area contributed by atoms with E-state index in [1.165, 1.54) is 22.7 Å². The number of alkyl halides is 3. The Labute approximate surface area is 117 Å². The number of nitrogens with zero attached hydrogens (tertiary/aromatic N) is 1. The molecule has 8 heteroatoms. The van der Waals surface area contributed by atoms with Crippen molar-refractivity contribution in [2.75, 3.05) is 0 Å². The molecule has 0 bridgehead atoms. The molecular weight excluding hydrogens is 315 g/mol. The highest BCUT2D eigenvalue weighted by Gasteiger charge is 2.35. The predicted molar refractivity (Wildman–Crippen MR) is 70.3 cm³/mol. The summed E-state index contributed by atoms with van der Waals surface area (Å²) in [6, 6.07) is 3.59. The van der Waals surface area contributed by atoms with Crippen molar-refractivity contribution in [3.05, 3.63) is 38.5 Å². The number of carbonyl (C=O) groups is 1. The summed E-state index contributed by atoms with van der Waals surface area (Å²) in [5.74, 6) is -0.401. The minimum absolute atomic E-state index is 0.0150. The zero-order valence-electron chi connectivity index (χ0n) is 9.02. The second-order valence-corrected chi connectivity index (χ2v) is 6.68. The summed E-state index contributed by atoms with van der Waals surface area (Å²) in [7, 11) is 0. The number of hydrogen-bond donors (Lipinski definition) is 0. The van der Waals surface area contributed by atoms with Gasteiger partial charge in [0.2, 0.25) is 5.78 Å². The number of carbonyl (C=O) groups excluding carboxylic acids is 1. The summed E-state index contributed by atoms with van der Waals surface area (Å²) < 4.78 is 39.2. The molecule has 0 fully saturated rings. The van der Waals surface area contributed by atoms with Gasteiger partial charge in [-0.1, -0.05) is 0 Å². The maximum Gasteiger partial charge on any atom is 0.443 e. The van der Waals surface area contributed by atoms with Gasteiger partial charge in [0.05, 0.1) is 9.75 Å². The highest BCUT2D eigenvalue weighted by molar-refractivity contribution is 7.28. The fourth-order valence-electron chi connectivity index (χ4n) is 1.51. The molecule has 0 N–H and O–H groups in total. The van der Waals surface area contributed by atoms with Crippen molar-refractivity contribution < 1.29 is 18.0 Å². The molecule has 0 aromatic carbocycles. The third-order valence-electron chi connectivity index (χ3n) is 2.34. The lowest BCUT2D eigenvalue weighted by atomic mass is 10.3. The van der Waals surface area contributed by atoms with Crippen molar-refractivity contribution in [1.29, 1.82) is 0 Å². The van der Waals surface area contributed by atoms with Crippen LogP contribution in [0.5, 0.6) is 0 Å². The van der Waals surface area contributed by atoms with E-state index in [2.05, 4.69) is 4.98 Å². The predicted octanol–water partition coefficient (Wildman–Crippen LogP) is 4.67. The number of thiophene rings is 2. The topological polar surface area (TPSA) is 30.0 Å². The van der Waals surface area contributed by atoms with E-state index in [-0.39, 0.29) is 4.88 Å². The molecule has 0 aliphatic heterocycles. The molecule has 3 rings (SSSR count). The molecule has 0 saturated carbocycles. The van der Waals surface area contributed by atoms with Gasteiger partial charge in [-0.3, -0.25) is 4.79 Å². The minimum atomic E-state index is -4.50. The fraction of sp³-hybridized carbons (Fsp3) is 0.0909. The van der Waals surface area contributed by atoms with E-state index >= 15 is 0 Å². The van der Waals surface area contributed by atoms with Gasteiger partial charge < -0.3 is 0 Å². The summed E-state index contributed by atoms with van der Waals surface area (Å²) in [6.07, 6.45) is -3.51. The number of fused-ring (bicyclic) bond motifs is 1. The molecule has 98 valence electrons. The van der Waals surface area contributed by atoms with Crippen LogP contribution in [0.1, 0.15) is 19.6 Å². The van der Waals surface area contributed by atoms with Gasteiger partial charge >= 0.3 is 6.18 Å². The molecule has 0 amide bonds. The van der Waals surface area contributed by atoms with Gasteiger partial charge in [0.25, 0.3) is 0 Å². The monoisotopic (exact) mass is 319 g/mol. The Kier molecular flexibility index (Phi) is 2.95. The van der Waals surface area contributed by atoms with Crippen LogP contribution in [0.25, 0.3) is 9.40 Å². The van der Waals surface area contributed by atoms with Crippen molar-refractivity contribution >= 4 is 49.2 Å². The van der Waals surface area contributed by atoms with Crippen LogP contribution in [0.15, 0.2) is 23.7 Å². The summed E-state index contributed by atoms with van der Waals surface area (Å²) >= 11 is 3.16. The Bertz CT molecular complexity index is 724. The van der Waals surface area contributed by atoms with Gasteiger partial charge in [-0.05, 0) is 17.5 Å². The second kappa shape index (κ2) is 4.39. The third kappa shape index (κ3) is 2.31. The summed E-state index contributed by atoms with van der Waals surface area (Å²) in [5, 5.41) is 0.915. The Hall–Kier alpha value is -1.25. The highest BCUT2D eigenvalue weighted by atomic mass is 32.1. The molecule has 19 heavy (non-hydrogen) atoms. The molecule has 3 aromatic heterocycles. The molecule has 0 saturated heterocycles. The Morgan fingerprint density at radius 3 is 2.58 bits per heavy atom. The lowest BCUT2D eigenvalue weighted by molar-refractivity contribution is -0.137. The van der Waals surface area contributed by atoms with E-state index in [1.54, 1.807) is 6.07 Å². The maximum atomic E-state index is 12.4. The normalized spacial score (nSPS) is 12.2. The zero-order valence-corrected chi connectivity index (χ0v) is 11.5. The smallest absolute Gasteiger partial charge is 0.287 e. The molecule has 0 spiro atoms. The Morgan fingerprint density at radius 2 is 1.95 bits per heavy atom. The van der Waals surface area contributed by atoms with Crippen LogP contribution in [-0.4, -0.2) is 10.8 Å². The standard InChI is InChI=1S/C11H4F3NOS3/c12-11(13,14)10-15-4-8(19-10)9(16)7-3-6-5(18-7)1-2-17-6/h1-4H. The summed E-state index contributed by atoms with van der Waals surface area (Å²) in [6.45, 7) is 0. The van der Waals surface area contributed by atoms with Gasteiger partial charge in [-0.15, -0.1) is 34.0 Å². The minimum Gasteiger partial charge on any atom is -0.287 e. The van der Waals surface area contributed by atoms with Crippen molar-refractivity contribution in [1.82, 2.24) is 4.98 Å². The highest BCUT2D eigenvalue weighted by Crippen LogP contribution is 2.35. The van der Waals surface area contributed by atoms with Crippen molar-refractivity contribution in [3.8, 4) is 0 Å². The van der Waals surface area contributed by atoms with E-state index in [0.717, 1.165) is 15.6 Å². The van der Waals surface area contributed by atoms with E-state index in [4.69, 9.17) is 0 Å². The number of ketones is 1. The number of hydrogen-bond acceptors (Lipinski definition) is 5. The number of aromatic nitrogens is 1. The lowest BCUT2D eigenvalue weighted by Crippen LogP contribution is -2.03. The summed E-state index contributed by atoms with van der Waals surface area (Å²) in [4.78, 5) is 15.8. The summed E-state index contributed by atoms with van der Waals surface area (Å²) in [5.41, 5.74) is 0. The third-order valence-corrected chi connectivity index (χ3v) is 5.47. The van der Waals surface area contributed by atoms with Crippen LogP contribution in [0, 0.1) is 0 Å². The SMILES string of the molecule is O=C(c1cnc(C(F)(F)F)s1)c1cc2sccc2s1. The van der Waals surface area contributed by atoms with Crippen LogP contribution in [-0.2, 0) is 6.18 Å². The van der Waals surface area contributed by atoms with Crippen molar-refractivity contribution in [2.45, 2.75) is 6.18 Å². The fourth-order valence-corrected chi connectivity index (χ4v) is 4.37. The molecule has 0 aliphatic rings. The van der Waals surface area contributed by atoms with Gasteiger partial charge in [0.1, 0.15) is 0 Å². The number of thiazole rings is 1. The first kappa shape index (κ1) is 12.8. The molecule has 0 unspecified atom stereocenters. The average molecular weight is 319 g/mol. The molecule has 0 radical (unpaired) electrons. The molecular formula is C11H4F3NOS3. The van der Waals surface area contributed by atoms with E-state index < -0.39 is 17.0 Å². The van der Waals surface area contributed by atoms with E-state index in [1.807, 2.05) is 11.4 Å². The van der Waals surface area contributed by atoms with Crippen LogP contribution in [0.2, 0.25) is 0 Å². The van der Waals surface area contributed by atoms with Crippen LogP contribution in [0.3, 0.4) is 0 Å². The van der Waals surface area contributed by atoms with Gasteiger partial charge in [-0.2, -0.15) is 13.2 Å². The Morgan fingerprint density at radius 1 is 1.16 bits per heavy atom. The molecule has 3 aromatic rings. The van der Waals surface area contributed by atoms with Crippen LogP contribution >= 0.6 is 34.0 Å². The molecule has 0 aliphatic carbocycles. The van der Waals surface area contributed by atoms with E-state index in [0.29, 0.717) is 16.2 Å². The van der Waals surface area contributed by atoms with Crippen molar-refractivity contribution in [2.24, 2.45) is 0 Å². The number of halogens is 3. The quantitative estimate of drug-likeness (QED) is 0.643. The maximum absolute atomic E-state index is 12.4. The van der Waals surface area contributed by atoms with Crippen LogP contribution < -0.4 is 0 Å². The van der Waals surface area contributed by atoms with Gasteiger partial charge in [0, 0.05) is 15.6 Å². The first-order valence-electron chi connectivity index (χ1n) is 5.00. The average Bonchev–Trinajstić information content (AvgIpc) is 3.01. The molecule has 3 heterocycles.